The number of hydrogen-bond donors (Lipinski definition) is 1. The van der Waals surface area contributed by atoms with Gasteiger partial charge in [-0.1, -0.05) is 15.9 Å². The number of fused-ring (bicyclic) bond motifs is 1. The van der Waals surface area contributed by atoms with Crippen LogP contribution in [0.1, 0.15) is 5.69 Å². The molecule has 1 aromatic carbocycles. The maximum absolute atomic E-state index is 13.5. The SMILES string of the molecule is Cc1c(Br)ccc2nc(-c3cc(F)ccc3Br)c(N)n12. The van der Waals surface area contributed by atoms with Crippen LogP contribution in [0.3, 0.4) is 0 Å². The highest BCUT2D eigenvalue weighted by Gasteiger charge is 2.16. The van der Waals surface area contributed by atoms with E-state index < -0.39 is 0 Å². The van der Waals surface area contributed by atoms with Crippen molar-refractivity contribution in [1.29, 1.82) is 0 Å². The molecule has 0 radical (unpaired) electrons. The van der Waals surface area contributed by atoms with E-state index in [1.54, 1.807) is 6.07 Å². The van der Waals surface area contributed by atoms with Crippen molar-refractivity contribution in [2.24, 2.45) is 0 Å². The van der Waals surface area contributed by atoms with Crippen molar-refractivity contribution in [2.45, 2.75) is 6.92 Å². The number of nitrogens with two attached hydrogens (primary N) is 1. The highest BCUT2D eigenvalue weighted by Crippen LogP contribution is 2.34. The predicted molar refractivity (Wildman–Crippen MR) is 85.1 cm³/mol. The van der Waals surface area contributed by atoms with E-state index >= 15 is 0 Å². The van der Waals surface area contributed by atoms with Gasteiger partial charge in [0.15, 0.2) is 0 Å². The molecule has 0 saturated carbocycles. The summed E-state index contributed by atoms with van der Waals surface area (Å²) in [6, 6.07) is 8.25. The number of nitrogen functional groups attached to an aromatic ring is 1. The van der Waals surface area contributed by atoms with E-state index in [9.17, 15) is 4.39 Å². The monoisotopic (exact) mass is 397 g/mol. The maximum Gasteiger partial charge on any atom is 0.139 e. The van der Waals surface area contributed by atoms with Crippen molar-refractivity contribution < 1.29 is 4.39 Å². The summed E-state index contributed by atoms with van der Waals surface area (Å²) in [5, 5.41) is 0. The second-order valence-corrected chi connectivity index (χ2v) is 6.14. The highest BCUT2D eigenvalue weighted by atomic mass is 79.9. The minimum Gasteiger partial charge on any atom is -0.383 e. The summed E-state index contributed by atoms with van der Waals surface area (Å²) in [6.07, 6.45) is 0. The Labute approximate surface area is 131 Å². The minimum absolute atomic E-state index is 0.322. The Balaban J connectivity index is 2.35. The van der Waals surface area contributed by atoms with Crippen molar-refractivity contribution in [3.05, 3.63) is 50.8 Å². The number of benzene rings is 1. The van der Waals surface area contributed by atoms with Gasteiger partial charge >= 0.3 is 0 Å². The lowest BCUT2D eigenvalue weighted by Gasteiger charge is -2.05. The molecule has 2 N–H and O–H groups in total. The summed E-state index contributed by atoms with van der Waals surface area (Å²) in [7, 11) is 0. The van der Waals surface area contributed by atoms with Gasteiger partial charge in [-0.05, 0) is 53.2 Å². The highest BCUT2D eigenvalue weighted by molar-refractivity contribution is 9.10. The molecule has 0 amide bonds. The van der Waals surface area contributed by atoms with Gasteiger partial charge in [0.25, 0.3) is 0 Å². The van der Waals surface area contributed by atoms with Crippen molar-refractivity contribution in [3.63, 3.8) is 0 Å². The second-order valence-electron chi connectivity index (χ2n) is 4.43. The van der Waals surface area contributed by atoms with E-state index in [4.69, 9.17) is 5.73 Å². The first kappa shape index (κ1) is 13.6. The summed E-state index contributed by atoms with van der Waals surface area (Å²) in [5.74, 6) is 0.169. The zero-order valence-electron chi connectivity index (χ0n) is 10.5. The van der Waals surface area contributed by atoms with Crippen LogP contribution in [0.15, 0.2) is 39.3 Å². The van der Waals surface area contributed by atoms with E-state index in [0.717, 1.165) is 20.3 Å². The van der Waals surface area contributed by atoms with Crippen LogP contribution in [0.5, 0.6) is 0 Å². The van der Waals surface area contributed by atoms with Gasteiger partial charge in [0.05, 0.1) is 0 Å². The van der Waals surface area contributed by atoms with Crippen molar-refractivity contribution in [1.82, 2.24) is 9.38 Å². The van der Waals surface area contributed by atoms with Gasteiger partial charge in [-0.15, -0.1) is 0 Å². The van der Waals surface area contributed by atoms with Gasteiger partial charge < -0.3 is 5.73 Å². The lowest BCUT2D eigenvalue weighted by atomic mass is 10.1. The predicted octanol–water partition coefficient (Wildman–Crippen LogP) is 4.56. The van der Waals surface area contributed by atoms with E-state index in [0.29, 0.717) is 17.1 Å². The standard InChI is InChI=1S/C14H10Br2FN3/c1-7-10(15)4-5-12-19-13(14(18)20(7)12)9-6-8(17)2-3-11(9)16/h2-6H,18H2,1H3. The quantitative estimate of drug-likeness (QED) is 0.653. The number of anilines is 1. The summed E-state index contributed by atoms with van der Waals surface area (Å²) in [6.45, 7) is 1.94. The molecule has 20 heavy (non-hydrogen) atoms. The molecule has 102 valence electrons. The molecule has 0 bridgehead atoms. The average molecular weight is 399 g/mol. The lowest BCUT2D eigenvalue weighted by molar-refractivity contribution is 0.628. The molecule has 0 spiro atoms. The Morgan fingerprint density at radius 1 is 1.15 bits per heavy atom. The zero-order chi connectivity index (χ0) is 14.4. The molecule has 0 fully saturated rings. The van der Waals surface area contributed by atoms with Gasteiger partial charge in [0.2, 0.25) is 0 Å². The summed E-state index contributed by atoms with van der Waals surface area (Å²) >= 11 is 6.88. The third kappa shape index (κ3) is 2.03. The van der Waals surface area contributed by atoms with E-state index in [1.807, 2.05) is 23.5 Å². The van der Waals surface area contributed by atoms with Gasteiger partial charge in [0.1, 0.15) is 23.0 Å². The van der Waals surface area contributed by atoms with Gasteiger partial charge in [-0.3, -0.25) is 4.40 Å². The number of aromatic nitrogens is 2. The Hall–Kier alpha value is -1.40. The summed E-state index contributed by atoms with van der Waals surface area (Å²) in [5.41, 5.74) is 9.08. The molecule has 0 aliphatic heterocycles. The summed E-state index contributed by atoms with van der Waals surface area (Å²) < 4.78 is 17.0. The van der Waals surface area contributed by atoms with Gasteiger partial charge in [-0.2, -0.15) is 0 Å². The van der Waals surface area contributed by atoms with E-state index in [1.165, 1.54) is 12.1 Å². The van der Waals surface area contributed by atoms with E-state index in [-0.39, 0.29) is 5.82 Å². The van der Waals surface area contributed by atoms with Crippen LogP contribution < -0.4 is 5.73 Å². The molecule has 0 unspecified atom stereocenters. The Morgan fingerprint density at radius 2 is 1.85 bits per heavy atom. The van der Waals surface area contributed by atoms with Crippen molar-refractivity contribution in [2.75, 3.05) is 5.73 Å². The fourth-order valence-corrected chi connectivity index (χ4v) is 2.91. The Bertz CT molecular complexity index is 827. The van der Waals surface area contributed by atoms with Crippen molar-refractivity contribution in [3.8, 4) is 11.3 Å². The topological polar surface area (TPSA) is 43.3 Å². The number of rotatable bonds is 1. The molecule has 0 saturated heterocycles. The van der Waals surface area contributed by atoms with Gasteiger partial charge in [0, 0.05) is 20.2 Å². The van der Waals surface area contributed by atoms with Crippen LogP contribution in [-0.4, -0.2) is 9.38 Å². The van der Waals surface area contributed by atoms with Crippen LogP contribution in [0.2, 0.25) is 0 Å². The van der Waals surface area contributed by atoms with Gasteiger partial charge in [-0.25, -0.2) is 9.37 Å². The average Bonchev–Trinajstić information content (AvgIpc) is 2.75. The van der Waals surface area contributed by atoms with Crippen LogP contribution >= 0.6 is 31.9 Å². The Morgan fingerprint density at radius 3 is 2.60 bits per heavy atom. The number of nitrogens with zero attached hydrogens (tertiary/aromatic N) is 2. The first-order chi connectivity index (χ1) is 9.49. The number of hydrogen-bond acceptors (Lipinski definition) is 2. The third-order valence-electron chi connectivity index (χ3n) is 3.18. The molecule has 0 aliphatic rings. The first-order valence-electron chi connectivity index (χ1n) is 5.87. The van der Waals surface area contributed by atoms with Crippen LogP contribution in [-0.2, 0) is 0 Å². The van der Waals surface area contributed by atoms with Crippen LogP contribution in [0, 0.1) is 12.7 Å². The lowest BCUT2D eigenvalue weighted by Crippen LogP contribution is -1.98. The van der Waals surface area contributed by atoms with Crippen molar-refractivity contribution >= 4 is 43.3 Å². The molecule has 3 nitrogen and oxygen atoms in total. The molecular weight excluding hydrogens is 389 g/mol. The largest absolute Gasteiger partial charge is 0.383 e. The summed E-state index contributed by atoms with van der Waals surface area (Å²) in [4.78, 5) is 4.51. The van der Waals surface area contributed by atoms with E-state index in [2.05, 4.69) is 36.8 Å². The third-order valence-corrected chi connectivity index (χ3v) is 4.71. The molecule has 0 aliphatic carbocycles. The van der Waals surface area contributed by atoms with Crippen LogP contribution in [0.25, 0.3) is 16.9 Å². The fraction of sp³-hybridized carbons (Fsp3) is 0.0714. The second kappa shape index (κ2) is 4.86. The maximum atomic E-state index is 13.5. The Kier molecular flexibility index (Phi) is 3.30. The number of pyridine rings is 1. The number of halogens is 3. The number of imidazole rings is 1. The minimum atomic E-state index is -0.322. The normalized spacial score (nSPS) is 11.2. The molecular formula is C14H10Br2FN3. The molecule has 3 aromatic rings. The fourth-order valence-electron chi connectivity index (χ4n) is 2.17. The molecule has 2 heterocycles. The smallest absolute Gasteiger partial charge is 0.139 e. The number of aryl methyl sites for hydroxylation is 1. The zero-order valence-corrected chi connectivity index (χ0v) is 13.7. The molecule has 0 atom stereocenters. The molecule has 3 rings (SSSR count). The molecule has 2 aromatic heterocycles. The first-order valence-corrected chi connectivity index (χ1v) is 7.46. The molecule has 6 heteroatoms. The van der Waals surface area contributed by atoms with Crippen LogP contribution in [0.4, 0.5) is 10.2 Å².